The molecule has 0 spiro atoms. The topological polar surface area (TPSA) is 68.5 Å². The molecule has 0 bridgehead atoms. The molecule has 1 saturated heterocycles. The Kier molecular flexibility index (Phi) is 4.21. The lowest BCUT2D eigenvalue weighted by molar-refractivity contribution is -0.140. The number of methoxy groups -OCH3 is 1. The van der Waals surface area contributed by atoms with Gasteiger partial charge in [-0.3, -0.25) is 4.79 Å². The van der Waals surface area contributed by atoms with Gasteiger partial charge in [-0.15, -0.1) is 0 Å². The van der Waals surface area contributed by atoms with Crippen molar-refractivity contribution in [2.24, 2.45) is 5.41 Å². The molecule has 0 radical (unpaired) electrons. The van der Waals surface area contributed by atoms with Crippen LogP contribution in [0.25, 0.3) is 0 Å². The van der Waals surface area contributed by atoms with Crippen LogP contribution < -0.4 is 0 Å². The fraction of sp³-hybridized carbons (Fsp3) is 0.824. The van der Waals surface area contributed by atoms with Crippen LogP contribution in [0.15, 0.2) is 4.52 Å². The van der Waals surface area contributed by atoms with Gasteiger partial charge in [0.25, 0.3) is 0 Å². The van der Waals surface area contributed by atoms with Crippen molar-refractivity contribution < 1.29 is 14.1 Å². The van der Waals surface area contributed by atoms with Crippen LogP contribution >= 0.6 is 0 Å². The monoisotopic (exact) mass is 321 g/mol. The summed E-state index contributed by atoms with van der Waals surface area (Å²) in [7, 11) is 1.71. The van der Waals surface area contributed by atoms with E-state index in [1.54, 1.807) is 7.11 Å². The maximum absolute atomic E-state index is 12.6. The van der Waals surface area contributed by atoms with Gasteiger partial charge < -0.3 is 14.2 Å². The van der Waals surface area contributed by atoms with Gasteiger partial charge in [0.05, 0.1) is 0 Å². The number of aromatic nitrogens is 2. The number of carbonyl (C=O) groups is 1. The Balaban J connectivity index is 1.83. The van der Waals surface area contributed by atoms with Crippen LogP contribution in [0.2, 0.25) is 0 Å². The second kappa shape index (κ2) is 5.89. The highest BCUT2D eigenvalue weighted by molar-refractivity contribution is 5.82. The maximum atomic E-state index is 12.6. The summed E-state index contributed by atoms with van der Waals surface area (Å²) in [5, 5.41) is 4.19. The molecule has 128 valence electrons. The quantitative estimate of drug-likeness (QED) is 0.855. The van der Waals surface area contributed by atoms with E-state index in [1.165, 1.54) is 0 Å². The summed E-state index contributed by atoms with van der Waals surface area (Å²) in [4.78, 5) is 19.2. The molecule has 1 aromatic rings. The lowest BCUT2D eigenvalue weighted by Crippen LogP contribution is -2.39. The number of hydrogen-bond donors (Lipinski definition) is 0. The van der Waals surface area contributed by atoms with E-state index in [1.807, 2.05) is 25.7 Å². The standard InChI is InChI=1S/C17H27N3O3/c1-16(2,3)15(21)20-11-7-8-12(20)13-18-14(19-23-13)17(22-4)9-5-6-10-17/h12H,5-11H2,1-4H3. The van der Waals surface area contributed by atoms with E-state index in [9.17, 15) is 4.79 Å². The van der Waals surface area contributed by atoms with Gasteiger partial charge in [-0.2, -0.15) is 4.98 Å². The summed E-state index contributed by atoms with van der Waals surface area (Å²) >= 11 is 0. The first-order valence-corrected chi connectivity index (χ1v) is 8.58. The zero-order valence-corrected chi connectivity index (χ0v) is 14.6. The Labute approximate surface area is 137 Å². The maximum Gasteiger partial charge on any atom is 0.249 e. The molecule has 1 saturated carbocycles. The summed E-state index contributed by atoms with van der Waals surface area (Å²) in [6.07, 6.45) is 5.95. The number of amides is 1. The summed E-state index contributed by atoms with van der Waals surface area (Å²) < 4.78 is 11.3. The SMILES string of the molecule is COC1(c2noc(C3CCCN3C(=O)C(C)(C)C)n2)CCCC1. The zero-order valence-electron chi connectivity index (χ0n) is 14.6. The van der Waals surface area contributed by atoms with Crippen LogP contribution in [0, 0.1) is 5.41 Å². The van der Waals surface area contributed by atoms with Crippen LogP contribution in [0.4, 0.5) is 0 Å². The number of rotatable bonds is 3. The van der Waals surface area contributed by atoms with E-state index in [4.69, 9.17) is 9.26 Å². The first-order valence-electron chi connectivity index (χ1n) is 8.58. The highest BCUT2D eigenvalue weighted by Gasteiger charge is 2.43. The molecule has 2 heterocycles. The highest BCUT2D eigenvalue weighted by Crippen LogP contribution is 2.41. The number of ether oxygens (including phenoxy) is 1. The molecule has 6 heteroatoms. The molecule has 6 nitrogen and oxygen atoms in total. The van der Waals surface area contributed by atoms with Gasteiger partial charge in [-0.25, -0.2) is 0 Å². The summed E-state index contributed by atoms with van der Waals surface area (Å²) in [6.45, 7) is 6.60. The van der Waals surface area contributed by atoms with Crippen LogP contribution in [-0.4, -0.2) is 34.6 Å². The predicted octanol–water partition coefficient (Wildman–Crippen LogP) is 3.19. The summed E-state index contributed by atoms with van der Waals surface area (Å²) in [6, 6.07) is -0.0988. The molecular weight excluding hydrogens is 294 g/mol. The van der Waals surface area contributed by atoms with Crippen molar-refractivity contribution in [3.63, 3.8) is 0 Å². The molecule has 0 N–H and O–H groups in total. The average Bonchev–Trinajstić information content (AvgIpc) is 3.23. The van der Waals surface area contributed by atoms with E-state index in [0.717, 1.165) is 45.1 Å². The molecule has 2 fully saturated rings. The van der Waals surface area contributed by atoms with Crippen LogP contribution in [0.1, 0.15) is 77.1 Å². The van der Waals surface area contributed by atoms with E-state index in [-0.39, 0.29) is 11.9 Å². The first-order chi connectivity index (χ1) is 10.9. The van der Waals surface area contributed by atoms with Gasteiger partial charge in [0.15, 0.2) is 0 Å². The van der Waals surface area contributed by atoms with Crippen LogP contribution in [-0.2, 0) is 15.1 Å². The average molecular weight is 321 g/mol. The number of likely N-dealkylation sites (tertiary alicyclic amines) is 1. The molecule has 1 atom stereocenters. The van der Waals surface area contributed by atoms with E-state index < -0.39 is 11.0 Å². The number of hydrogen-bond acceptors (Lipinski definition) is 5. The third kappa shape index (κ3) is 2.89. The van der Waals surface area contributed by atoms with Gasteiger partial charge in [0, 0.05) is 19.1 Å². The molecular formula is C17H27N3O3. The Morgan fingerprint density at radius 1 is 1.30 bits per heavy atom. The minimum Gasteiger partial charge on any atom is -0.370 e. The molecule has 23 heavy (non-hydrogen) atoms. The van der Waals surface area contributed by atoms with E-state index in [0.29, 0.717) is 11.7 Å². The lowest BCUT2D eigenvalue weighted by atomic mass is 9.94. The molecule has 1 aliphatic heterocycles. The Bertz CT molecular complexity index is 570. The fourth-order valence-corrected chi connectivity index (χ4v) is 3.72. The highest BCUT2D eigenvalue weighted by atomic mass is 16.5. The third-order valence-electron chi connectivity index (χ3n) is 5.09. The van der Waals surface area contributed by atoms with Gasteiger partial charge in [-0.05, 0) is 38.5 Å². The third-order valence-corrected chi connectivity index (χ3v) is 5.09. The van der Waals surface area contributed by atoms with Gasteiger partial charge >= 0.3 is 0 Å². The first kappa shape index (κ1) is 16.4. The molecule has 1 unspecified atom stereocenters. The van der Waals surface area contributed by atoms with Crippen molar-refractivity contribution in [2.75, 3.05) is 13.7 Å². The normalized spacial score (nSPS) is 24.3. The van der Waals surface area contributed by atoms with E-state index >= 15 is 0 Å². The molecule has 1 amide bonds. The Morgan fingerprint density at radius 2 is 2.00 bits per heavy atom. The smallest absolute Gasteiger partial charge is 0.249 e. The second-order valence-corrected chi connectivity index (χ2v) is 7.77. The molecule has 1 aliphatic carbocycles. The molecule has 2 aliphatic rings. The molecule has 3 rings (SSSR count). The van der Waals surface area contributed by atoms with Crippen molar-refractivity contribution in [1.29, 1.82) is 0 Å². The van der Waals surface area contributed by atoms with Gasteiger partial charge in [0.1, 0.15) is 11.6 Å². The van der Waals surface area contributed by atoms with Crippen molar-refractivity contribution in [2.45, 2.75) is 70.9 Å². The lowest BCUT2D eigenvalue weighted by Gasteiger charge is -2.29. The number of nitrogens with zero attached hydrogens (tertiary/aromatic N) is 3. The van der Waals surface area contributed by atoms with Crippen molar-refractivity contribution >= 4 is 5.91 Å². The minimum absolute atomic E-state index is 0.0988. The minimum atomic E-state index is -0.404. The Hall–Kier alpha value is -1.43. The van der Waals surface area contributed by atoms with E-state index in [2.05, 4.69) is 10.1 Å². The van der Waals surface area contributed by atoms with Gasteiger partial charge in [0.2, 0.25) is 17.6 Å². The second-order valence-electron chi connectivity index (χ2n) is 7.77. The fourth-order valence-electron chi connectivity index (χ4n) is 3.72. The van der Waals surface area contributed by atoms with Crippen LogP contribution in [0.3, 0.4) is 0 Å². The van der Waals surface area contributed by atoms with Crippen LogP contribution in [0.5, 0.6) is 0 Å². The van der Waals surface area contributed by atoms with Gasteiger partial charge in [-0.1, -0.05) is 25.9 Å². The molecule has 1 aromatic heterocycles. The predicted molar refractivity (Wildman–Crippen MR) is 84.6 cm³/mol. The summed E-state index contributed by atoms with van der Waals surface area (Å²) in [5.41, 5.74) is -0.802. The zero-order chi connectivity index (χ0) is 16.7. The van der Waals surface area contributed by atoms with Crippen molar-refractivity contribution in [3.8, 4) is 0 Å². The van der Waals surface area contributed by atoms with Crippen molar-refractivity contribution in [1.82, 2.24) is 15.0 Å². The largest absolute Gasteiger partial charge is 0.370 e. The summed E-state index contributed by atoms with van der Waals surface area (Å²) in [5.74, 6) is 1.34. The number of carbonyl (C=O) groups excluding carboxylic acids is 1. The molecule has 0 aromatic carbocycles. The van der Waals surface area contributed by atoms with Crippen molar-refractivity contribution in [3.05, 3.63) is 11.7 Å². The Morgan fingerprint density at radius 3 is 2.61 bits per heavy atom.